The fourth-order valence-electron chi connectivity index (χ4n) is 3.18. The summed E-state index contributed by atoms with van der Waals surface area (Å²) >= 11 is 3.44. The van der Waals surface area contributed by atoms with Gasteiger partial charge in [0, 0.05) is 17.0 Å². The van der Waals surface area contributed by atoms with Gasteiger partial charge >= 0.3 is 6.18 Å². The molecule has 3 nitrogen and oxygen atoms in total. The molecule has 0 radical (unpaired) electrons. The number of thioether (sulfide) groups is 1. The molecule has 0 saturated heterocycles. The highest BCUT2D eigenvalue weighted by Gasteiger charge is 2.31. The lowest BCUT2D eigenvalue weighted by atomic mass is 10.1. The van der Waals surface area contributed by atoms with Gasteiger partial charge in [-0.3, -0.25) is 0 Å². The number of hydrogen-bond donors (Lipinski definition) is 0. The van der Waals surface area contributed by atoms with Crippen molar-refractivity contribution >= 4 is 55.9 Å². The number of rotatable bonds is 9. The standard InChI is InChI=1S/C20H16BrF3O3S2.C6H14/c1-28-18(29(2)25)9-13-3-4-15(20(22,23)24)10-17(13)27-11-12-7-14-5-6-26-19(14)16(21)8-12;1-3-5-6-4-2/h3-10H,11H2,1-2H3;3-6H2,1-2H3. The van der Waals surface area contributed by atoms with Crippen molar-refractivity contribution < 1.29 is 26.9 Å². The van der Waals surface area contributed by atoms with E-state index >= 15 is 0 Å². The van der Waals surface area contributed by atoms with Gasteiger partial charge < -0.3 is 13.7 Å². The first-order chi connectivity index (χ1) is 16.6. The maximum absolute atomic E-state index is 13.2. The predicted octanol–water partition coefficient (Wildman–Crippen LogP) is 9.42. The van der Waals surface area contributed by atoms with Crippen molar-refractivity contribution in [1.29, 1.82) is 0 Å². The van der Waals surface area contributed by atoms with E-state index in [1.807, 2.05) is 6.07 Å². The summed E-state index contributed by atoms with van der Waals surface area (Å²) in [6.07, 6.45) is 7.47. The first-order valence-corrected chi connectivity index (χ1v) is 14.8. The molecule has 0 bridgehead atoms. The third-order valence-corrected chi connectivity index (χ3v) is 8.01. The van der Waals surface area contributed by atoms with E-state index in [4.69, 9.17) is 9.15 Å². The number of benzene rings is 2. The Morgan fingerprint density at radius 1 is 1.14 bits per heavy atom. The lowest BCUT2D eigenvalue weighted by molar-refractivity contribution is -0.137. The summed E-state index contributed by atoms with van der Waals surface area (Å²) < 4.78 is 63.7. The molecule has 0 aliphatic rings. The summed E-state index contributed by atoms with van der Waals surface area (Å²) in [7, 11) is 0. The molecule has 1 aromatic heterocycles. The second-order valence-electron chi connectivity index (χ2n) is 7.78. The van der Waals surface area contributed by atoms with Gasteiger partial charge in [0.25, 0.3) is 0 Å². The van der Waals surface area contributed by atoms with Crippen LogP contribution >= 0.6 is 27.7 Å². The van der Waals surface area contributed by atoms with Gasteiger partial charge in [-0.25, -0.2) is 0 Å². The van der Waals surface area contributed by atoms with Gasteiger partial charge in [-0.15, -0.1) is 0 Å². The number of alkyl halides is 3. The average molecular weight is 592 g/mol. The minimum atomic E-state index is -4.49. The molecular weight excluding hydrogens is 561 g/mol. The van der Waals surface area contributed by atoms with Crippen molar-refractivity contribution in [3.63, 3.8) is 0 Å². The summed E-state index contributed by atoms with van der Waals surface area (Å²) in [5.74, 6) is 0.0697. The van der Waals surface area contributed by atoms with Crippen LogP contribution in [0, 0.1) is 0 Å². The zero-order valence-electron chi connectivity index (χ0n) is 20.2. The Balaban J connectivity index is 0.000000641. The van der Waals surface area contributed by atoms with Crippen molar-refractivity contribution in [3.8, 4) is 5.75 Å². The predicted molar refractivity (Wildman–Crippen MR) is 145 cm³/mol. The molecule has 3 rings (SSSR count). The van der Waals surface area contributed by atoms with Crippen LogP contribution in [0.25, 0.3) is 17.0 Å². The molecule has 0 spiro atoms. The van der Waals surface area contributed by atoms with Crippen LogP contribution in [0.5, 0.6) is 5.75 Å². The Morgan fingerprint density at radius 2 is 1.83 bits per heavy atom. The Morgan fingerprint density at radius 3 is 2.40 bits per heavy atom. The maximum atomic E-state index is 13.2. The molecular formula is C26H30BrF3O3S2. The van der Waals surface area contributed by atoms with Crippen LogP contribution in [0.15, 0.2) is 55.8 Å². The molecule has 0 fully saturated rings. The topological polar surface area (TPSA) is 45.4 Å². The molecule has 9 heteroatoms. The Hall–Kier alpha value is -1.55. The highest BCUT2D eigenvalue weighted by Crippen LogP contribution is 2.36. The second kappa shape index (κ2) is 14.3. The SMILES string of the molecule is CCCCCC.CSC(=Cc1ccc(C(F)(F)F)cc1OCc1cc(Br)c2occc2c1)[S+](C)[O-]. The molecule has 192 valence electrons. The van der Waals surface area contributed by atoms with E-state index in [1.54, 1.807) is 30.7 Å². The van der Waals surface area contributed by atoms with Crippen LogP contribution in [0.3, 0.4) is 0 Å². The molecule has 0 aliphatic heterocycles. The van der Waals surface area contributed by atoms with E-state index in [9.17, 15) is 17.7 Å². The normalized spacial score (nSPS) is 12.9. The average Bonchev–Trinajstić information content (AvgIpc) is 3.29. The van der Waals surface area contributed by atoms with Gasteiger partial charge in [-0.1, -0.05) is 57.4 Å². The van der Waals surface area contributed by atoms with E-state index in [-0.39, 0.29) is 12.4 Å². The van der Waals surface area contributed by atoms with Gasteiger partial charge in [0.1, 0.15) is 24.2 Å². The summed E-state index contributed by atoms with van der Waals surface area (Å²) in [4.78, 5) is 0. The van der Waals surface area contributed by atoms with E-state index < -0.39 is 22.9 Å². The van der Waals surface area contributed by atoms with E-state index in [0.717, 1.165) is 27.6 Å². The van der Waals surface area contributed by atoms with Crippen LogP contribution in [-0.2, 0) is 24.0 Å². The zero-order valence-corrected chi connectivity index (χ0v) is 23.4. The smallest absolute Gasteiger partial charge is 0.416 e. The van der Waals surface area contributed by atoms with Crippen molar-refractivity contribution in [1.82, 2.24) is 0 Å². The first-order valence-electron chi connectivity index (χ1n) is 11.2. The number of unbranched alkanes of at least 4 members (excludes halogenated alkanes) is 3. The molecule has 0 aliphatic carbocycles. The van der Waals surface area contributed by atoms with Gasteiger partial charge in [-0.05, 0) is 69.3 Å². The van der Waals surface area contributed by atoms with Gasteiger partial charge in [0.2, 0.25) is 0 Å². The molecule has 0 amide bonds. The summed E-state index contributed by atoms with van der Waals surface area (Å²) in [5.41, 5.74) is 1.08. The summed E-state index contributed by atoms with van der Waals surface area (Å²) in [6.45, 7) is 4.52. The minimum Gasteiger partial charge on any atom is -0.611 e. The zero-order chi connectivity index (χ0) is 26.0. The summed E-state index contributed by atoms with van der Waals surface area (Å²) in [6, 6.07) is 8.72. The number of halogens is 4. The second-order valence-corrected chi connectivity index (χ2v) is 11.1. The third kappa shape index (κ3) is 9.12. The monoisotopic (exact) mass is 590 g/mol. The Kier molecular flexibility index (Phi) is 12.1. The largest absolute Gasteiger partial charge is 0.611 e. The number of furan rings is 1. The number of ether oxygens (including phenoxy) is 1. The molecule has 35 heavy (non-hydrogen) atoms. The molecule has 3 aromatic rings. The minimum absolute atomic E-state index is 0.0612. The number of hydrogen-bond acceptors (Lipinski definition) is 4. The van der Waals surface area contributed by atoms with Crippen molar-refractivity contribution in [2.45, 2.75) is 52.3 Å². The quantitative estimate of drug-likeness (QED) is 0.184. The van der Waals surface area contributed by atoms with Crippen LogP contribution in [0.1, 0.15) is 56.2 Å². The van der Waals surface area contributed by atoms with Crippen LogP contribution in [0.2, 0.25) is 0 Å². The summed E-state index contributed by atoms with van der Waals surface area (Å²) in [5, 5.41) is 0.855. The van der Waals surface area contributed by atoms with Gasteiger partial charge in [0.05, 0.1) is 16.3 Å². The van der Waals surface area contributed by atoms with Crippen LogP contribution < -0.4 is 4.74 Å². The van der Waals surface area contributed by atoms with Gasteiger partial charge in [0.15, 0.2) is 4.24 Å². The Bertz CT molecular complexity index is 1110. The molecule has 1 heterocycles. The van der Waals surface area contributed by atoms with Crippen LogP contribution in [-0.4, -0.2) is 17.1 Å². The Labute approximate surface area is 220 Å². The number of fused-ring (bicyclic) bond motifs is 1. The van der Waals surface area contributed by atoms with Crippen molar-refractivity contribution in [3.05, 3.63) is 68.1 Å². The maximum Gasteiger partial charge on any atom is 0.416 e. The van der Waals surface area contributed by atoms with Crippen molar-refractivity contribution in [2.24, 2.45) is 0 Å². The molecule has 1 atom stereocenters. The van der Waals surface area contributed by atoms with E-state index in [2.05, 4.69) is 29.8 Å². The lowest BCUT2D eigenvalue weighted by Crippen LogP contribution is -2.06. The highest BCUT2D eigenvalue weighted by molar-refractivity contribution is 9.10. The van der Waals surface area contributed by atoms with Crippen molar-refractivity contribution in [2.75, 3.05) is 12.5 Å². The lowest BCUT2D eigenvalue weighted by Gasteiger charge is -2.14. The molecule has 0 saturated carbocycles. The molecule has 2 aromatic carbocycles. The molecule has 1 unspecified atom stereocenters. The fourth-order valence-corrected chi connectivity index (χ4v) is 5.28. The van der Waals surface area contributed by atoms with Crippen LogP contribution in [0.4, 0.5) is 13.2 Å². The third-order valence-electron chi connectivity index (χ3n) is 5.02. The fraction of sp³-hybridized carbons (Fsp3) is 0.385. The highest BCUT2D eigenvalue weighted by atomic mass is 79.9. The van der Waals surface area contributed by atoms with E-state index in [1.165, 1.54) is 49.8 Å². The van der Waals surface area contributed by atoms with E-state index in [0.29, 0.717) is 15.4 Å². The molecule has 0 N–H and O–H groups in total. The first kappa shape index (κ1) is 29.7. The van der Waals surface area contributed by atoms with Gasteiger partial charge in [-0.2, -0.15) is 13.2 Å².